The molecule has 5 heteroatoms. The molecule has 0 aromatic heterocycles. The molecule has 19 heavy (non-hydrogen) atoms. The maximum Gasteiger partial charge on any atom is 0.491 e. The van der Waals surface area contributed by atoms with Crippen molar-refractivity contribution < 1.29 is 19.2 Å². The molecule has 0 heterocycles. The van der Waals surface area contributed by atoms with Crippen molar-refractivity contribution in [3.8, 4) is 0 Å². The van der Waals surface area contributed by atoms with Crippen molar-refractivity contribution in [3.05, 3.63) is 42.2 Å². The lowest BCUT2D eigenvalue weighted by Gasteiger charge is -2.38. The highest BCUT2D eigenvalue weighted by Crippen LogP contribution is 2.28. The zero-order valence-corrected chi connectivity index (χ0v) is 11.8. The Labute approximate surface area is 113 Å². The highest BCUT2D eigenvalue weighted by Gasteiger charge is 2.39. The van der Waals surface area contributed by atoms with Crippen LogP contribution in [0.25, 0.3) is 5.47 Å². The first-order valence-corrected chi connectivity index (χ1v) is 6.07. The fraction of sp³-hybridized carbons (Fsp3) is 0.429. The van der Waals surface area contributed by atoms with E-state index >= 15 is 0 Å². The van der Waals surface area contributed by atoms with Crippen molar-refractivity contribution in [1.82, 2.24) is 0 Å². The predicted octanol–water partition coefficient (Wildman–Crippen LogP) is 2.42. The molecule has 1 rings (SSSR count). The Hall–Kier alpha value is -1.17. The zero-order valence-electron chi connectivity index (χ0n) is 11.8. The van der Waals surface area contributed by atoms with E-state index in [4.69, 9.17) is 4.65 Å². The molecule has 0 saturated carbocycles. The number of hydrogen-bond acceptors (Lipinski definition) is 3. The summed E-state index contributed by atoms with van der Waals surface area (Å²) in [7, 11) is -1.27. The van der Waals surface area contributed by atoms with Gasteiger partial charge in [-0.1, -0.05) is 18.7 Å². The average Bonchev–Trinajstić information content (AvgIpc) is 2.27. The van der Waals surface area contributed by atoms with Crippen molar-refractivity contribution in [2.75, 3.05) is 0 Å². The largest absolute Gasteiger partial charge is 0.491 e. The predicted molar refractivity (Wildman–Crippen MR) is 74.9 cm³/mol. The number of aliphatic hydroxyl groups is 1. The average molecular weight is 266 g/mol. The summed E-state index contributed by atoms with van der Waals surface area (Å²) in [6.07, 6.45) is 0. The van der Waals surface area contributed by atoms with E-state index in [0.29, 0.717) is 11.0 Å². The van der Waals surface area contributed by atoms with Crippen LogP contribution in [-0.2, 0) is 4.65 Å². The second kappa shape index (κ2) is 5.45. The van der Waals surface area contributed by atoms with Gasteiger partial charge in [-0.05, 0) is 50.9 Å². The van der Waals surface area contributed by atoms with Gasteiger partial charge in [0.2, 0.25) is 0 Å². The molecule has 104 valence electrons. The van der Waals surface area contributed by atoms with Gasteiger partial charge in [-0.2, -0.15) is 0 Å². The third-order valence-corrected chi connectivity index (χ3v) is 3.39. The lowest BCUT2D eigenvalue weighted by Crippen LogP contribution is -2.50. The van der Waals surface area contributed by atoms with Gasteiger partial charge < -0.3 is 14.8 Å². The maximum absolute atomic E-state index is 12.8. The van der Waals surface area contributed by atoms with Crippen LogP contribution in [0.5, 0.6) is 0 Å². The highest BCUT2D eigenvalue weighted by molar-refractivity contribution is 6.66. The van der Waals surface area contributed by atoms with E-state index < -0.39 is 18.3 Å². The second-order valence-corrected chi connectivity index (χ2v) is 5.57. The van der Waals surface area contributed by atoms with E-state index in [-0.39, 0.29) is 5.82 Å². The zero-order chi connectivity index (χ0) is 14.8. The van der Waals surface area contributed by atoms with Crippen molar-refractivity contribution in [1.29, 1.82) is 0 Å². The number of hydrogen-bond donors (Lipinski definition) is 2. The first kappa shape index (κ1) is 15.9. The van der Waals surface area contributed by atoms with Crippen LogP contribution >= 0.6 is 0 Å². The van der Waals surface area contributed by atoms with Crippen LogP contribution in [0.15, 0.2) is 30.8 Å². The summed E-state index contributed by atoms with van der Waals surface area (Å²) in [5.74, 6) is -0.358. The van der Waals surface area contributed by atoms with Gasteiger partial charge in [0.15, 0.2) is 0 Å². The third kappa shape index (κ3) is 3.90. The van der Waals surface area contributed by atoms with Crippen LogP contribution < -0.4 is 0 Å². The molecule has 0 aliphatic carbocycles. The van der Waals surface area contributed by atoms with Gasteiger partial charge in [-0.25, -0.2) is 4.39 Å². The van der Waals surface area contributed by atoms with Gasteiger partial charge in [0.05, 0.1) is 11.2 Å². The van der Waals surface area contributed by atoms with Crippen LogP contribution in [0.1, 0.15) is 33.3 Å². The molecule has 0 atom stereocenters. The molecule has 1 aromatic carbocycles. The lowest BCUT2D eigenvalue weighted by molar-refractivity contribution is -0.0981. The Morgan fingerprint density at radius 1 is 1.21 bits per heavy atom. The van der Waals surface area contributed by atoms with Crippen LogP contribution in [0.2, 0.25) is 0 Å². The first-order valence-electron chi connectivity index (χ1n) is 6.07. The van der Waals surface area contributed by atoms with Gasteiger partial charge in [-0.3, -0.25) is 0 Å². The summed E-state index contributed by atoms with van der Waals surface area (Å²) in [6, 6.07) is 5.60. The van der Waals surface area contributed by atoms with Crippen LogP contribution in [0.3, 0.4) is 0 Å². The standard InChI is InChI=1S/C14H20BFO3/c1-10(11-6-8-12(16)9-7-11)15(18)19-14(4,5)13(2,3)17/h6-9,17-18H,1H2,2-5H3. The summed E-state index contributed by atoms with van der Waals surface area (Å²) in [5, 5.41) is 20.0. The minimum atomic E-state index is -1.27. The van der Waals surface area contributed by atoms with Crippen molar-refractivity contribution in [2.45, 2.75) is 38.9 Å². The topological polar surface area (TPSA) is 49.7 Å². The molecular weight excluding hydrogens is 246 g/mol. The van der Waals surface area contributed by atoms with Gasteiger partial charge in [0.1, 0.15) is 5.82 Å². The van der Waals surface area contributed by atoms with Gasteiger partial charge in [0, 0.05) is 0 Å². The minimum absolute atomic E-state index is 0.317. The van der Waals surface area contributed by atoms with E-state index in [1.165, 1.54) is 24.3 Å². The van der Waals surface area contributed by atoms with E-state index in [2.05, 4.69) is 6.58 Å². The Kier molecular flexibility index (Phi) is 4.56. The highest BCUT2D eigenvalue weighted by atomic mass is 19.1. The van der Waals surface area contributed by atoms with Crippen LogP contribution in [0, 0.1) is 5.82 Å². The molecule has 0 aliphatic rings. The second-order valence-electron chi connectivity index (χ2n) is 5.57. The van der Waals surface area contributed by atoms with E-state index in [1.807, 2.05) is 0 Å². The summed E-state index contributed by atoms with van der Waals surface area (Å²) >= 11 is 0. The molecule has 0 spiro atoms. The van der Waals surface area contributed by atoms with E-state index in [9.17, 15) is 14.5 Å². The normalized spacial score (nSPS) is 12.4. The van der Waals surface area contributed by atoms with Crippen LogP contribution in [-0.4, -0.2) is 28.5 Å². The smallest absolute Gasteiger partial charge is 0.423 e. The molecular formula is C14H20BFO3. The monoisotopic (exact) mass is 266 g/mol. The molecule has 0 fully saturated rings. The third-order valence-electron chi connectivity index (χ3n) is 3.39. The summed E-state index contributed by atoms with van der Waals surface area (Å²) in [5.41, 5.74) is -1.19. The Balaban J connectivity index is 2.81. The first-order chi connectivity index (χ1) is 8.54. The van der Waals surface area contributed by atoms with Gasteiger partial charge in [0.25, 0.3) is 0 Å². The minimum Gasteiger partial charge on any atom is -0.423 e. The molecule has 0 saturated heterocycles. The SMILES string of the molecule is C=C(B(O)OC(C)(C)C(C)(C)O)c1ccc(F)cc1. The van der Waals surface area contributed by atoms with Gasteiger partial charge in [-0.15, -0.1) is 0 Å². The molecule has 0 radical (unpaired) electrons. The molecule has 0 aliphatic heterocycles. The molecule has 0 amide bonds. The molecule has 0 unspecified atom stereocenters. The van der Waals surface area contributed by atoms with Crippen molar-refractivity contribution in [3.63, 3.8) is 0 Å². The molecule has 1 aromatic rings. The summed E-state index contributed by atoms with van der Waals surface area (Å²) < 4.78 is 18.3. The lowest BCUT2D eigenvalue weighted by atomic mass is 9.73. The Bertz CT molecular complexity index is 449. The van der Waals surface area contributed by atoms with E-state index in [0.717, 1.165) is 0 Å². The molecule has 0 bridgehead atoms. The molecule has 3 nitrogen and oxygen atoms in total. The quantitative estimate of drug-likeness (QED) is 0.805. The maximum atomic E-state index is 12.8. The molecule has 2 N–H and O–H groups in total. The summed E-state index contributed by atoms with van der Waals surface area (Å²) in [6.45, 7) is 10.3. The van der Waals surface area contributed by atoms with Gasteiger partial charge >= 0.3 is 7.12 Å². The van der Waals surface area contributed by atoms with Crippen molar-refractivity contribution >= 4 is 12.6 Å². The number of benzene rings is 1. The van der Waals surface area contributed by atoms with E-state index in [1.54, 1.807) is 27.7 Å². The Morgan fingerprint density at radius 2 is 1.68 bits per heavy atom. The number of halogens is 1. The Morgan fingerprint density at radius 3 is 2.11 bits per heavy atom. The summed E-state index contributed by atoms with van der Waals surface area (Å²) in [4.78, 5) is 0. The van der Waals surface area contributed by atoms with Crippen molar-refractivity contribution in [2.24, 2.45) is 0 Å². The van der Waals surface area contributed by atoms with Crippen LogP contribution in [0.4, 0.5) is 4.39 Å². The number of rotatable bonds is 5. The fourth-order valence-electron chi connectivity index (χ4n) is 1.30. The fourth-order valence-corrected chi connectivity index (χ4v) is 1.30.